The third-order valence-corrected chi connectivity index (χ3v) is 4.47. The van der Waals surface area contributed by atoms with Gasteiger partial charge in [-0.25, -0.2) is 0 Å². The maximum Gasteiger partial charge on any atom is 0.251 e. The zero-order valence-corrected chi connectivity index (χ0v) is 13.8. The Balaban J connectivity index is 2.04. The van der Waals surface area contributed by atoms with Crippen LogP contribution in [0.3, 0.4) is 0 Å². The summed E-state index contributed by atoms with van der Waals surface area (Å²) in [7, 11) is 0. The molecule has 0 spiro atoms. The van der Waals surface area contributed by atoms with Crippen LogP contribution in [0.1, 0.15) is 26.4 Å². The van der Waals surface area contributed by atoms with E-state index in [1.165, 1.54) is 0 Å². The summed E-state index contributed by atoms with van der Waals surface area (Å²) in [6.07, 6.45) is 0. The van der Waals surface area contributed by atoms with Crippen LogP contribution in [-0.2, 0) is 6.54 Å². The minimum Gasteiger partial charge on any atom is -0.384 e. The summed E-state index contributed by atoms with van der Waals surface area (Å²) in [5.41, 5.74) is 2.35. The molecule has 1 heterocycles. The smallest absolute Gasteiger partial charge is 0.251 e. The molecule has 2 rings (SSSR count). The molecule has 0 aliphatic heterocycles. The molecule has 108 valence electrons. The van der Waals surface area contributed by atoms with E-state index in [1.54, 1.807) is 29.5 Å². The lowest BCUT2D eigenvalue weighted by atomic mass is 10.0. The number of carbonyl (C=O) groups excluding carboxylic acids is 1. The molecular weight excluding hydrogens is 350 g/mol. The van der Waals surface area contributed by atoms with E-state index in [2.05, 4.69) is 33.1 Å². The Morgan fingerprint density at radius 2 is 2.19 bits per heavy atom. The molecule has 1 aromatic heterocycles. The Bertz CT molecular complexity index is 713. The third-order valence-electron chi connectivity index (χ3n) is 2.84. The molecule has 21 heavy (non-hydrogen) atoms. The first-order valence-electron chi connectivity index (χ1n) is 6.33. The highest BCUT2D eigenvalue weighted by atomic mass is 79.9. The number of nitrogens with one attached hydrogen (secondary N) is 1. The first-order chi connectivity index (χ1) is 10.1. The molecule has 0 aliphatic rings. The number of aryl methyl sites for hydroxylation is 1. The number of hydrogen-bond donors (Lipinski definition) is 2. The van der Waals surface area contributed by atoms with Gasteiger partial charge in [0.25, 0.3) is 5.91 Å². The lowest BCUT2D eigenvalue weighted by Crippen LogP contribution is -2.22. The van der Waals surface area contributed by atoms with Gasteiger partial charge in [0.05, 0.1) is 10.3 Å². The van der Waals surface area contributed by atoms with Crippen LogP contribution in [0.4, 0.5) is 0 Å². The van der Waals surface area contributed by atoms with Crippen molar-refractivity contribution in [3.8, 4) is 11.8 Å². The van der Waals surface area contributed by atoms with E-state index in [-0.39, 0.29) is 12.5 Å². The second-order valence-electron chi connectivity index (χ2n) is 4.38. The van der Waals surface area contributed by atoms with E-state index >= 15 is 0 Å². The third kappa shape index (κ3) is 4.43. The van der Waals surface area contributed by atoms with E-state index in [0.29, 0.717) is 12.1 Å². The summed E-state index contributed by atoms with van der Waals surface area (Å²) in [5.74, 6) is 5.35. The van der Waals surface area contributed by atoms with E-state index < -0.39 is 0 Å². The van der Waals surface area contributed by atoms with Gasteiger partial charge in [-0.2, -0.15) is 0 Å². The van der Waals surface area contributed by atoms with Crippen LogP contribution in [0, 0.1) is 18.8 Å². The van der Waals surface area contributed by atoms with Crippen molar-refractivity contribution in [2.45, 2.75) is 13.5 Å². The van der Waals surface area contributed by atoms with Crippen LogP contribution in [0.15, 0.2) is 34.1 Å². The predicted molar refractivity (Wildman–Crippen MR) is 88.3 cm³/mol. The molecule has 0 atom stereocenters. The number of aliphatic hydroxyl groups excluding tert-OH is 1. The van der Waals surface area contributed by atoms with Crippen LogP contribution < -0.4 is 5.32 Å². The van der Waals surface area contributed by atoms with Gasteiger partial charge >= 0.3 is 0 Å². The molecule has 2 N–H and O–H groups in total. The van der Waals surface area contributed by atoms with E-state index in [0.717, 1.165) is 19.8 Å². The molecule has 0 fully saturated rings. The highest BCUT2D eigenvalue weighted by Crippen LogP contribution is 2.21. The first-order valence-corrected chi connectivity index (χ1v) is 7.94. The number of thiophene rings is 1. The average molecular weight is 364 g/mol. The van der Waals surface area contributed by atoms with Crippen LogP contribution >= 0.6 is 27.3 Å². The number of halogens is 1. The molecule has 0 aliphatic carbocycles. The van der Waals surface area contributed by atoms with Crippen molar-refractivity contribution in [2.75, 3.05) is 6.61 Å². The molecule has 0 bridgehead atoms. The number of carbonyl (C=O) groups is 1. The zero-order valence-electron chi connectivity index (χ0n) is 11.4. The Morgan fingerprint density at radius 1 is 1.38 bits per heavy atom. The fraction of sp³-hybridized carbons (Fsp3) is 0.188. The summed E-state index contributed by atoms with van der Waals surface area (Å²) < 4.78 is 1.05. The second-order valence-corrected chi connectivity index (χ2v) is 6.93. The normalized spacial score (nSPS) is 9.86. The summed E-state index contributed by atoms with van der Waals surface area (Å²) in [6.45, 7) is 2.24. The maximum absolute atomic E-state index is 12.1. The molecule has 1 amide bonds. The Kier molecular flexibility index (Phi) is 5.57. The molecule has 0 unspecified atom stereocenters. The van der Waals surface area contributed by atoms with Crippen LogP contribution in [-0.4, -0.2) is 17.6 Å². The molecule has 2 aromatic rings. The highest BCUT2D eigenvalue weighted by molar-refractivity contribution is 9.11. The number of rotatable bonds is 3. The molecule has 0 radical (unpaired) electrons. The Labute approximate surface area is 136 Å². The Hall–Kier alpha value is -1.61. The van der Waals surface area contributed by atoms with Crippen molar-refractivity contribution < 1.29 is 9.90 Å². The Morgan fingerprint density at radius 3 is 2.81 bits per heavy atom. The van der Waals surface area contributed by atoms with Gasteiger partial charge in [-0.1, -0.05) is 11.8 Å². The van der Waals surface area contributed by atoms with Gasteiger partial charge in [0.15, 0.2) is 0 Å². The van der Waals surface area contributed by atoms with Crippen molar-refractivity contribution in [2.24, 2.45) is 0 Å². The molecule has 0 saturated carbocycles. The van der Waals surface area contributed by atoms with Gasteiger partial charge in [0.1, 0.15) is 6.61 Å². The van der Waals surface area contributed by atoms with Gasteiger partial charge in [-0.15, -0.1) is 11.3 Å². The van der Waals surface area contributed by atoms with Crippen LogP contribution in [0.2, 0.25) is 0 Å². The van der Waals surface area contributed by atoms with Gasteiger partial charge in [-0.05, 0) is 58.7 Å². The largest absolute Gasteiger partial charge is 0.384 e. The van der Waals surface area contributed by atoms with Crippen molar-refractivity contribution in [3.63, 3.8) is 0 Å². The number of amides is 1. The first kappa shape index (κ1) is 15.8. The SMILES string of the molecule is Cc1cc(C(=O)NCc2ccc(Br)s2)ccc1C#CCO. The van der Waals surface area contributed by atoms with Crippen molar-refractivity contribution >= 4 is 33.2 Å². The van der Waals surface area contributed by atoms with Crippen molar-refractivity contribution in [1.29, 1.82) is 0 Å². The van der Waals surface area contributed by atoms with E-state index in [4.69, 9.17) is 5.11 Å². The number of benzene rings is 1. The molecule has 3 nitrogen and oxygen atoms in total. The molecule has 0 saturated heterocycles. The average Bonchev–Trinajstić information content (AvgIpc) is 2.89. The van der Waals surface area contributed by atoms with Crippen LogP contribution in [0.5, 0.6) is 0 Å². The fourth-order valence-corrected chi connectivity index (χ4v) is 3.22. The van der Waals surface area contributed by atoms with Gasteiger partial charge in [0, 0.05) is 16.0 Å². The highest BCUT2D eigenvalue weighted by Gasteiger charge is 2.07. The summed E-state index contributed by atoms with van der Waals surface area (Å²) in [5, 5.41) is 11.6. The number of aliphatic hydroxyl groups is 1. The fourth-order valence-electron chi connectivity index (χ4n) is 1.80. The predicted octanol–water partition coefficient (Wildman–Crippen LogP) is 3.09. The van der Waals surface area contributed by atoms with Gasteiger partial charge in [0.2, 0.25) is 0 Å². The minimum atomic E-state index is -0.169. The summed E-state index contributed by atoms with van der Waals surface area (Å²) in [6, 6.07) is 9.29. The number of hydrogen-bond acceptors (Lipinski definition) is 3. The van der Waals surface area contributed by atoms with Crippen molar-refractivity contribution in [1.82, 2.24) is 5.32 Å². The van der Waals surface area contributed by atoms with Crippen LogP contribution in [0.25, 0.3) is 0 Å². The topological polar surface area (TPSA) is 49.3 Å². The second kappa shape index (κ2) is 7.41. The summed E-state index contributed by atoms with van der Waals surface area (Å²) >= 11 is 5.00. The summed E-state index contributed by atoms with van der Waals surface area (Å²) in [4.78, 5) is 13.2. The molecule has 1 aromatic carbocycles. The standard InChI is InChI=1S/C16H14BrNO2S/c1-11-9-13(5-4-12(11)3-2-8-19)16(20)18-10-14-6-7-15(17)21-14/h4-7,9,19H,8,10H2,1H3,(H,18,20). The monoisotopic (exact) mass is 363 g/mol. The van der Waals surface area contributed by atoms with Gasteiger partial charge in [-0.3, -0.25) is 4.79 Å². The van der Waals surface area contributed by atoms with Gasteiger partial charge < -0.3 is 10.4 Å². The van der Waals surface area contributed by atoms with Crippen molar-refractivity contribution in [3.05, 3.63) is 55.7 Å². The van der Waals surface area contributed by atoms with E-state index in [1.807, 2.05) is 19.1 Å². The lowest BCUT2D eigenvalue weighted by Gasteiger charge is -2.06. The van der Waals surface area contributed by atoms with E-state index in [9.17, 15) is 4.79 Å². The lowest BCUT2D eigenvalue weighted by molar-refractivity contribution is 0.0951. The molecular formula is C16H14BrNO2S. The maximum atomic E-state index is 12.1. The molecule has 5 heteroatoms. The quantitative estimate of drug-likeness (QED) is 0.823. The minimum absolute atomic E-state index is 0.107. The zero-order chi connectivity index (χ0) is 15.2.